The van der Waals surface area contributed by atoms with E-state index in [9.17, 15) is 19.6 Å². The number of hydrogen-bond donors (Lipinski definition) is 0. The first-order valence-corrected chi connectivity index (χ1v) is 11.4. The van der Waals surface area contributed by atoms with Crippen LogP contribution >= 0.6 is 0 Å². The lowest BCUT2D eigenvalue weighted by atomic mass is 10.2. The van der Waals surface area contributed by atoms with Gasteiger partial charge in [0, 0.05) is 14.1 Å². The van der Waals surface area contributed by atoms with E-state index in [1.807, 2.05) is 24.3 Å². The molecule has 0 saturated heterocycles. The predicted molar refractivity (Wildman–Crippen MR) is 137 cm³/mol. The highest BCUT2D eigenvalue weighted by atomic mass is 16.3. The van der Waals surface area contributed by atoms with Crippen LogP contribution in [0.25, 0.3) is 17.1 Å². The van der Waals surface area contributed by atoms with Gasteiger partial charge in [-0.1, -0.05) is 18.2 Å². The summed E-state index contributed by atoms with van der Waals surface area (Å²) >= 11 is 0. The molecule has 1 aliphatic rings. The lowest BCUT2D eigenvalue weighted by Crippen LogP contribution is -2.35. The Kier molecular flexibility index (Phi) is 5.92. The summed E-state index contributed by atoms with van der Waals surface area (Å²) in [5, 5.41) is 23.0. The molecule has 0 radical (unpaired) electrons. The smallest absolute Gasteiger partial charge is 0.299 e. The van der Waals surface area contributed by atoms with Crippen LogP contribution in [-0.2, 0) is 18.9 Å². The van der Waals surface area contributed by atoms with E-state index in [1.54, 1.807) is 49.8 Å². The molecule has 4 heterocycles. The third kappa shape index (κ3) is 3.75. The number of anilines is 1. The van der Waals surface area contributed by atoms with E-state index in [0.29, 0.717) is 11.4 Å². The minimum Gasteiger partial charge on any atom is -0.463 e. The molecule has 1 atom stereocenters. The topological polar surface area (TPSA) is 156 Å². The highest BCUT2D eigenvalue weighted by Crippen LogP contribution is 2.26. The first kappa shape index (κ1) is 24.3. The molecule has 0 bridgehead atoms. The zero-order valence-electron chi connectivity index (χ0n) is 20.9. The van der Waals surface area contributed by atoms with Crippen LogP contribution in [0.4, 0.5) is 11.6 Å². The van der Waals surface area contributed by atoms with Gasteiger partial charge in [0.15, 0.2) is 17.5 Å². The largest absolute Gasteiger partial charge is 0.463 e. The van der Waals surface area contributed by atoms with Gasteiger partial charge in [0.1, 0.15) is 17.3 Å². The van der Waals surface area contributed by atoms with Gasteiger partial charge < -0.3 is 4.42 Å². The van der Waals surface area contributed by atoms with Crippen molar-refractivity contribution in [2.45, 2.75) is 19.9 Å². The van der Waals surface area contributed by atoms with Crippen LogP contribution in [0.2, 0.25) is 0 Å². The molecule has 1 amide bonds. The summed E-state index contributed by atoms with van der Waals surface area (Å²) in [7, 11) is 3.11. The standard InChI is InChI=1S/C25H21N9O4/c1-14-19(28-29-20-15(2)32(4)34(24(20)37)16-9-6-5-7-10-16)23(36)33(30-14)25-27-21(18-11-8-12-38-18)17(13-26)22(35)31(25)3/h5-12,19H,1-4H3. The van der Waals surface area contributed by atoms with Crippen molar-refractivity contribution in [3.8, 4) is 23.2 Å². The van der Waals surface area contributed by atoms with Crippen molar-refractivity contribution >= 4 is 23.3 Å². The number of rotatable bonds is 5. The predicted octanol–water partition coefficient (Wildman–Crippen LogP) is 2.58. The van der Waals surface area contributed by atoms with E-state index in [1.165, 1.54) is 18.0 Å². The minimum absolute atomic E-state index is 0.0114. The molecule has 0 saturated carbocycles. The average molecular weight is 512 g/mol. The SMILES string of the molecule is CC1=NN(c2nc(-c3ccco3)c(C#N)c(=O)n2C)C(=O)C1N=Nc1c(C)n(C)n(-c2ccccc2)c1=O. The van der Waals surface area contributed by atoms with Crippen LogP contribution in [0.1, 0.15) is 18.2 Å². The Morgan fingerprint density at radius 2 is 1.76 bits per heavy atom. The van der Waals surface area contributed by atoms with Crippen molar-refractivity contribution in [1.29, 1.82) is 5.26 Å². The van der Waals surface area contributed by atoms with E-state index in [2.05, 4.69) is 20.3 Å². The molecule has 0 fully saturated rings. The molecule has 0 aliphatic carbocycles. The minimum atomic E-state index is -1.14. The maximum absolute atomic E-state index is 13.3. The number of benzene rings is 1. The van der Waals surface area contributed by atoms with Crippen LogP contribution in [0.15, 0.2) is 78.1 Å². The number of amides is 1. The first-order valence-electron chi connectivity index (χ1n) is 11.4. The third-order valence-corrected chi connectivity index (χ3v) is 6.22. The molecule has 1 aliphatic heterocycles. The molecule has 3 aromatic heterocycles. The van der Waals surface area contributed by atoms with E-state index in [0.717, 1.165) is 9.58 Å². The summed E-state index contributed by atoms with van der Waals surface area (Å²) < 4.78 is 9.50. The fourth-order valence-corrected chi connectivity index (χ4v) is 4.09. The Balaban J connectivity index is 1.52. The van der Waals surface area contributed by atoms with Crippen molar-refractivity contribution in [2.75, 3.05) is 5.01 Å². The van der Waals surface area contributed by atoms with Crippen molar-refractivity contribution < 1.29 is 9.21 Å². The van der Waals surface area contributed by atoms with Gasteiger partial charge in [-0.2, -0.15) is 20.5 Å². The molecule has 13 heteroatoms. The fourth-order valence-electron chi connectivity index (χ4n) is 4.09. The van der Waals surface area contributed by atoms with Crippen LogP contribution in [0, 0.1) is 18.3 Å². The molecule has 190 valence electrons. The molecule has 5 rings (SSSR count). The highest BCUT2D eigenvalue weighted by Gasteiger charge is 2.38. The molecule has 38 heavy (non-hydrogen) atoms. The van der Waals surface area contributed by atoms with Gasteiger partial charge in [0.2, 0.25) is 5.95 Å². The maximum Gasteiger partial charge on any atom is 0.299 e. The van der Waals surface area contributed by atoms with Gasteiger partial charge in [0.25, 0.3) is 17.0 Å². The quantitative estimate of drug-likeness (QED) is 0.375. The first-order chi connectivity index (χ1) is 18.2. The number of carbonyl (C=O) groups excluding carboxylic acids is 1. The Morgan fingerprint density at radius 3 is 2.42 bits per heavy atom. The zero-order chi connectivity index (χ0) is 27.1. The van der Waals surface area contributed by atoms with Crippen molar-refractivity contribution in [1.82, 2.24) is 18.9 Å². The van der Waals surface area contributed by atoms with Gasteiger partial charge in [0.05, 0.1) is 23.4 Å². The number of nitrogens with zero attached hydrogens (tertiary/aromatic N) is 9. The van der Waals surface area contributed by atoms with E-state index in [4.69, 9.17) is 4.42 Å². The van der Waals surface area contributed by atoms with E-state index >= 15 is 0 Å². The number of hydrazone groups is 1. The molecule has 4 aromatic rings. The molecule has 13 nitrogen and oxygen atoms in total. The summed E-state index contributed by atoms with van der Waals surface area (Å²) in [6.07, 6.45) is 1.38. The third-order valence-electron chi connectivity index (χ3n) is 6.22. The van der Waals surface area contributed by atoms with Crippen molar-refractivity contribution in [2.24, 2.45) is 29.4 Å². The molecule has 0 N–H and O–H groups in total. The van der Waals surface area contributed by atoms with Gasteiger partial charge in [-0.15, -0.1) is 5.11 Å². The second kappa shape index (κ2) is 9.25. The molecule has 1 aromatic carbocycles. The second-order valence-corrected chi connectivity index (χ2v) is 8.51. The molecule has 1 unspecified atom stereocenters. The van der Waals surface area contributed by atoms with Gasteiger partial charge >= 0.3 is 0 Å². The van der Waals surface area contributed by atoms with Crippen LogP contribution < -0.4 is 16.1 Å². The zero-order valence-corrected chi connectivity index (χ0v) is 20.9. The van der Waals surface area contributed by atoms with Crippen LogP contribution in [-0.4, -0.2) is 36.6 Å². The summed E-state index contributed by atoms with van der Waals surface area (Å²) in [4.78, 5) is 43.7. The highest BCUT2D eigenvalue weighted by molar-refractivity contribution is 6.17. The van der Waals surface area contributed by atoms with Crippen LogP contribution in [0.5, 0.6) is 0 Å². The molecular weight excluding hydrogens is 490 g/mol. The number of para-hydroxylation sites is 1. The van der Waals surface area contributed by atoms with Gasteiger partial charge in [-0.3, -0.25) is 23.6 Å². The van der Waals surface area contributed by atoms with E-state index < -0.39 is 23.1 Å². The number of furan rings is 1. The van der Waals surface area contributed by atoms with Crippen LogP contribution in [0.3, 0.4) is 0 Å². The second-order valence-electron chi connectivity index (χ2n) is 8.51. The average Bonchev–Trinajstić information content (AvgIpc) is 3.59. The lowest BCUT2D eigenvalue weighted by molar-refractivity contribution is -0.118. The summed E-state index contributed by atoms with van der Waals surface area (Å²) in [6, 6.07) is 12.9. The van der Waals surface area contributed by atoms with E-state index in [-0.39, 0.29) is 34.4 Å². The van der Waals surface area contributed by atoms with Gasteiger partial charge in [-0.25, -0.2) is 9.67 Å². The lowest BCUT2D eigenvalue weighted by Gasteiger charge is -2.16. The fraction of sp³-hybridized carbons (Fsp3) is 0.200. The molecular formula is C25H21N9O4. The molecule has 0 spiro atoms. The van der Waals surface area contributed by atoms with Crippen molar-refractivity contribution in [3.63, 3.8) is 0 Å². The number of azo groups is 1. The Morgan fingerprint density at radius 1 is 1.03 bits per heavy atom. The van der Waals surface area contributed by atoms with Crippen molar-refractivity contribution in [3.05, 3.63) is 80.7 Å². The maximum atomic E-state index is 13.3. The summed E-state index contributed by atoms with van der Waals surface area (Å²) in [5.41, 5.74) is 0.274. The normalized spacial score (nSPS) is 15.3. The Hall–Kier alpha value is -5.38. The summed E-state index contributed by atoms with van der Waals surface area (Å²) in [6.45, 7) is 3.31. The monoisotopic (exact) mass is 511 g/mol. The Labute approximate surface area is 215 Å². The van der Waals surface area contributed by atoms with Gasteiger partial charge in [-0.05, 0) is 38.1 Å². The number of aromatic nitrogens is 4. The summed E-state index contributed by atoms with van der Waals surface area (Å²) in [5.74, 6) is -0.552. The number of nitriles is 1. The number of hydrogen-bond acceptors (Lipinski definition) is 9. The number of carbonyl (C=O) groups is 1. The Bertz CT molecular complexity index is 1790.